The largest absolute Gasteiger partial charge is 0.579 e. The lowest BCUT2D eigenvalue weighted by atomic mass is 10.0. The van der Waals surface area contributed by atoms with Gasteiger partial charge in [0.15, 0.2) is 0 Å². The van der Waals surface area contributed by atoms with Crippen molar-refractivity contribution in [1.29, 1.82) is 5.26 Å². The highest BCUT2D eigenvalue weighted by molar-refractivity contribution is 7.87. The molecule has 0 amide bonds. The number of nitrogens with zero attached hydrogens (tertiary/aromatic N) is 3. The second-order valence-electron chi connectivity index (χ2n) is 7.29. The molecule has 2 unspecified atom stereocenters. The van der Waals surface area contributed by atoms with Crippen molar-refractivity contribution in [3.8, 4) is 34.7 Å². The van der Waals surface area contributed by atoms with E-state index in [-0.39, 0.29) is 12.1 Å². The number of rotatable bonds is 6. The van der Waals surface area contributed by atoms with Crippen LogP contribution in [0.2, 0.25) is 0 Å². The number of ether oxygens (including phenoxy) is 1. The number of benzene rings is 2. The van der Waals surface area contributed by atoms with Gasteiger partial charge in [-0.2, -0.15) is 10.2 Å². The summed E-state index contributed by atoms with van der Waals surface area (Å²) in [6.07, 6.45) is 1.56. The van der Waals surface area contributed by atoms with E-state index in [1.165, 1.54) is 0 Å². The topological polar surface area (TPSA) is 133 Å². The van der Waals surface area contributed by atoms with Crippen molar-refractivity contribution in [1.82, 2.24) is 14.9 Å². The van der Waals surface area contributed by atoms with Crippen LogP contribution >= 0.6 is 0 Å². The van der Waals surface area contributed by atoms with E-state index in [2.05, 4.69) is 20.9 Å². The Hall–Kier alpha value is -2.90. The van der Waals surface area contributed by atoms with Crippen LogP contribution in [-0.4, -0.2) is 20.8 Å². The predicted octanol–water partition coefficient (Wildman–Crippen LogP) is 3.18. The third-order valence-electron chi connectivity index (χ3n) is 4.91. The van der Waals surface area contributed by atoms with Crippen LogP contribution < -0.4 is 14.6 Å². The molecule has 8 nitrogen and oxygen atoms in total. The molecule has 2 atom stereocenters. The number of nitrogens with one attached hydrogen (secondary N) is 1. The third-order valence-corrected chi connectivity index (χ3v) is 5.42. The zero-order valence-electron chi connectivity index (χ0n) is 16.6. The highest BCUT2D eigenvalue weighted by Crippen LogP contribution is 2.37. The monoisotopic (exact) mass is 423 g/mol. The molecule has 9 heteroatoms. The fourth-order valence-corrected chi connectivity index (χ4v) is 4.21. The molecule has 0 spiro atoms. The van der Waals surface area contributed by atoms with Gasteiger partial charge < -0.3 is 13.8 Å². The molecule has 0 aliphatic heterocycles. The van der Waals surface area contributed by atoms with Crippen molar-refractivity contribution in [3.05, 3.63) is 53.1 Å². The molecule has 4 rings (SSSR count). The van der Waals surface area contributed by atoms with Gasteiger partial charge >= 0.3 is 0 Å². The van der Waals surface area contributed by atoms with Gasteiger partial charge in [-0.15, -0.1) is 9.86 Å². The van der Waals surface area contributed by atoms with E-state index in [4.69, 9.17) is 14.4 Å². The summed E-state index contributed by atoms with van der Waals surface area (Å²) in [6, 6.07) is 13.1. The van der Waals surface area contributed by atoms with Gasteiger partial charge in [0.05, 0.1) is 17.7 Å². The van der Waals surface area contributed by atoms with Gasteiger partial charge in [-0.25, -0.2) is 0 Å². The molecule has 0 saturated heterocycles. The number of aromatic nitrogens is 2. The van der Waals surface area contributed by atoms with E-state index in [1.54, 1.807) is 18.2 Å². The summed E-state index contributed by atoms with van der Waals surface area (Å²) < 4.78 is 25.4. The van der Waals surface area contributed by atoms with Crippen molar-refractivity contribution in [2.75, 3.05) is 0 Å². The highest BCUT2D eigenvalue weighted by atomic mass is 32.2. The van der Waals surface area contributed by atoms with E-state index in [1.807, 2.05) is 32.0 Å². The fraction of sp³-hybridized carbons (Fsp3) is 0.286. The maximum atomic E-state index is 11.4. The highest BCUT2D eigenvalue weighted by Gasteiger charge is 2.29. The van der Waals surface area contributed by atoms with Crippen LogP contribution in [0.15, 0.2) is 40.9 Å². The lowest BCUT2D eigenvalue weighted by Crippen LogP contribution is -2.33. The molecular formula is C21H21N5O3S. The average Bonchev–Trinajstić information content (AvgIpc) is 3.35. The summed E-state index contributed by atoms with van der Waals surface area (Å²) in [5, 5.41) is 19.0. The second-order valence-corrected chi connectivity index (χ2v) is 8.12. The molecular weight excluding hydrogens is 402 g/mol. The van der Waals surface area contributed by atoms with Crippen LogP contribution in [0.25, 0.3) is 22.8 Å². The number of hydrogen-bond donors (Lipinski definition) is 2. The Labute approximate surface area is 177 Å². The Morgan fingerprint density at radius 3 is 2.93 bits per heavy atom. The lowest BCUT2D eigenvalue weighted by molar-refractivity contribution is 0.241. The van der Waals surface area contributed by atoms with Crippen molar-refractivity contribution < 1.29 is 13.8 Å². The maximum Gasteiger partial charge on any atom is 0.258 e. The van der Waals surface area contributed by atoms with Gasteiger partial charge in [0.1, 0.15) is 23.4 Å². The minimum absolute atomic E-state index is 0.0341. The molecule has 30 heavy (non-hydrogen) atoms. The molecule has 3 aromatic rings. The smallest absolute Gasteiger partial charge is 0.258 e. The van der Waals surface area contributed by atoms with Crippen molar-refractivity contribution >= 4 is 11.5 Å². The van der Waals surface area contributed by atoms with E-state index in [0.717, 1.165) is 29.5 Å². The standard InChI is InChI=1S/C21H21N5O3S/c1-12(2)28-19-9-6-13(10-14(19)11-22)21-24-20(25-29-21)17-5-3-4-16-15(17)7-8-18(16)26-30(23)27/h3-6,9-10,12,18,26H,7-8,23H2,1-2H3. The Balaban J connectivity index is 1.65. The molecule has 1 aliphatic carbocycles. The third kappa shape index (κ3) is 4.04. The predicted molar refractivity (Wildman–Crippen MR) is 112 cm³/mol. The minimum atomic E-state index is -1.58. The minimum Gasteiger partial charge on any atom is -0.579 e. The van der Waals surface area contributed by atoms with Gasteiger partial charge in [-0.05, 0) is 56.0 Å². The van der Waals surface area contributed by atoms with Crippen molar-refractivity contribution in [2.45, 2.75) is 38.8 Å². The van der Waals surface area contributed by atoms with Gasteiger partial charge in [-0.3, -0.25) is 0 Å². The van der Waals surface area contributed by atoms with E-state index >= 15 is 0 Å². The molecule has 1 aromatic heterocycles. The van der Waals surface area contributed by atoms with Crippen LogP contribution in [0.5, 0.6) is 5.75 Å². The molecule has 154 valence electrons. The summed E-state index contributed by atoms with van der Waals surface area (Å²) in [5.74, 6) is 1.32. The molecule has 1 heterocycles. The molecule has 3 N–H and O–H groups in total. The molecule has 0 fully saturated rings. The van der Waals surface area contributed by atoms with Gasteiger partial charge in [0, 0.05) is 11.1 Å². The lowest BCUT2D eigenvalue weighted by Gasteiger charge is -2.13. The summed E-state index contributed by atoms with van der Waals surface area (Å²) in [4.78, 5) is 4.55. The van der Waals surface area contributed by atoms with E-state index in [0.29, 0.717) is 28.6 Å². The Morgan fingerprint density at radius 1 is 1.37 bits per heavy atom. The summed E-state index contributed by atoms with van der Waals surface area (Å²) in [6.45, 7) is 3.81. The first-order chi connectivity index (χ1) is 14.5. The van der Waals surface area contributed by atoms with Crippen LogP contribution in [-0.2, 0) is 18.0 Å². The summed E-state index contributed by atoms with van der Waals surface area (Å²) in [7, 11) is 0. The van der Waals surface area contributed by atoms with Crippen LogP contribution in [0, 0.1) is 11.3 Å². The Morgan fingerprint density at radius 2 is 2.20 bits per heavy atom. The first kappa shape index (κ1) is 20.4. The summed E-state index contributed by atoms with van der Waals surface area (Å²) in [5.41, 5.74) is 4.05. The van der Waals surface area contributed by atoms with Crippen molar-refractivity contribution in [2.24, 2.45) is 5.14 Å². The van der Waals surface area contributed by atoms with Crippen LogP contribution in [0.1, 0.15) is 43.0 Å². The van der Waals surface area contributed by atoms with Crippen molar-refractivity contribution in [3.63, 3.8) is 0 Å². The molecule has 1 aliphatic rings. The molecule has 0 saturated carbocycles. The van der Waals surface area contributed by atoms with E-state index < -0.39 is 11.5 Å². The first-order valence-electron chi connectivity index (χ1n) is 9.55. The van der Waals surface area contributed by atoms with Gasteiger partial charge in [0.2, 0.25) is 5.82 Å². The van der Waals surface area contributed by atoms with Gasteiger partial charge in [0.25, 0.3) is 5.89 Å². The fourth-order valence-electron chi connectivity index (χ4n) is 3.68. The molecule has 0 bridgehead atoms. The average molecular weight is 423 g/mol. The Bertz CT molecular complexity index is 1110. The second kappa shape index (κ2) is 8.45. The zero-order valence-corrected chi connectivity index (χ0v) is 17.4. The Kier molecular flexibility index (Phi) is 5.74. The molecule has 0 radical (unpaired) electrons. The maximum absolute atomic E-state index is 11.4. The quantitative estimate of drug-likeness (QED) is 0.578. The first-order valence-corrected chi connectivity index (χ1v) is 10.8. The number of nitrogens with two attached hydrogens (primary N) is 1. The normalized spacial score (nSPS) is 16.3. The van der Waals surface area contributed by atoms with E-state index in [9.17, 15) is 9.81 Å². The summed E-state index contributed by atoms with van der Waals surface area (Å²) >= 11 is -1.58. The number of nitriles is 1. The van der Waals surface area contributed by atoms with Gasteiger partial charge in [-0.1, -0.05) is 23.4 Å². The number of fused-ring (bicyclic) bond motifs is 1. The van der Waals surface area contributed by atoms with Crippen LogP contribution in [0.3, 0.4) is 0 Å². The number of hydrogen-bond acceptors (Lipinski definition) is 8. The van der Waals surface area contributed by atoms with Crippen LogP contribution in [0.4, 0.5) is 0 Å². The zero-order chi connectivity index (χ0) is 21.3. The SMILES string of the molecule is CC(C)Oc1ccc(-c2nc(-c3cccc4c3CCC4N[S+](N)[O-])no2)cc1C#N. The molecule has 2 aromatic carbocycles.